The quantitative estimate of drug-likeness (QED) is 0.647. The van der Waals surface area contributed by atoms with Crippen LogP contribution in [0.3, 0.4) is 0 Å². The molecule has 0 spiro atoms. The number of carbonyl (C=O) groups is 2. The summed E-state index contributed by atoms with van der Waals surface area (Å²) in [7, 11) is 0. The summed E-state index contributed by atoms with van der Waals surface area (Å²) in [5.74, 6) is -3.33. The summed E-state index contributed by atoms with van der Waals surface area (Å²) >= 11 is 0. The predicted molar refractivity (Wildman–Crippen MR) is 109 cm³/mol. The van der Waals surface area contributed by atoms with E-state index < -0.39 is 24.9 Å². The van der Waals surface area contributed by atoms with E-state index in [2.05, 4.69) is 10.1 Å². The molecular weight excluding hydrogens is 404 g/mol. The average molecular weight is 425 g/mol. The van der Waals surface area contributed by atoms with Gasteiger partial charge in [0.1, 0.15) is 0 Å². The van der Waals surface area contributed by atoms with E-state index in [1.165, 1.54) is 6.20 Å². The van der Waals surface area contributed by atoms with Gasteiger partial charge in [-0.25, -0.2) is 13.3 Å². The topological polar surface area (TPSA) is 70.8 Å². The van der Waals surface area contributed by atoms with Gasteiger partial charge >= 0.3 is 0 Å². The van der Waals surface area contributed by atoms with Gasteiger partial charge in [-0.3, -0.25) is 14.6 Å². The lowest BCUT2D eigenvalue weighted by atomic mass is 10.1. The second kappa shape index (κ2) is 7.40. The van der Waals surface area contributed by atoms with Crippen LogP contribution in [0.1, 0.15) is 40.0 Å². The normalized spacial score (nSPS) is 18.1. The number of likely N-dealkylation sites (tertiary alicyclic amines) is 2. The molecule has 0 saturated carbocycles. The fourth-order valence-electron chi connectivity index (χ4n) is 4.20. The van der Waals surface area contributed by atoms with Gasteiger partial charge in [-0.2, -0.15) is 5.10 Å². The molecular formula is C22H21F2N5O2. The van der Waals surface area contributed by atoms with Gasteiger partial charge in [-0.1, -0.05) is 6.07 Å². The highest BCUT2D eigenvalue weighted by Gasteiger charge is 2.46. The first kappa shape index (κ1) is 19.6. The second-order valence-electron chi connectivity index (χ2n) is 8.10. The molecule has 0 bridgehead atoms. The van der Waals surface area contributed by atoms with Crippen LogP contribution < -0.4 is 0 Å². The zero-order valence-electron chi connectivity index (χ0n) is 16.8. The van der Waals surface area contributed by atoms with E-state index in [4.69, 9.17) is 0 Å². The van der Waals surface area contributed by atoms with E-state index in [1.54, 1.807) is 23.0 Å². The van der Waals surface area contributed by atoms with Crippen molar-refractivity contribution < 1.29 is 18.4 Å². The molecule has 5 rings (SSSR count). The van der Waals surface area contributed by atoms with Gasteiger partial charge in [-0.15, -0.1) is 0 Å². The van der Waals surface area contributed by atoms with Crippen molar-refractivity contribution in [2.24, 2.45) is 0 Å². The highest BCUT2D eigenvalue weighted by atomic mass is 19.3. The van der Waals surface area contributed by atoms with Gasteiger partial charge in [0.25, 0.3) is 17.7 Å². The molecule has 5 heterocycles. The van der Waals surface area contributed by atoms with Crippen molar-refractivity contribution in [3.05, 3.63) is 54.0 Å². The molecule has 160 valence electrons. The van der Waals surface area contributed by atoms with Crippen LogP contribution in [0, 0.1) is 0 Å². The third kappa shape index (κ3) is 3.54. The maximum absolute atomic E-state index is 13.1. The number of hydrogen-bond acceptors (Lipinski definition) is 4. The Kier molecular flexibility index (Phi) is 4.68. The van der Waals surface area contributed by atoms with Gasteiger partial charge < -0.3 is 9.80 Å². The first-order chi connectivity index (χ1) is 14.9. The SMILES string of the molecule is O=C(c1cncc(-c2cccc3c(C(=O)N4CCCCC4)cnn23)c1)N1CC(F)(F)C1. The summed E-state index contributed by atoms with van der Waals surface area (Å²) in [4.78, 5) is 32.6. The Bertz CT molecular complexity index is 1160. The van der Waals surface area contributed by atoms with Crippen LogP contribution in [0.4, 0.5) is 8.78 Å². The Labute approximate surface area is 177 Å². The van der Waals surface area contributed by atoms with Gasteiger partial charge in [-0.05, 0) is 37.5 Å². The number of aromatic nitrogens is 3. The minimum absolute atomic E-state index is 0.0346. The van der Waals surface area contributed by atoms with E-state index in [0.717, 1.165) is 37.3 Å². The third-order valence-corrected chi connectivity index (χ3v) is 5.83. The van der Waals surface area contributed by atoms with E-state index in [-0.39, 0.29) is 11.5 Å². The predicted octanol–water partition coefficient (Wildman–Crippen LogP) is 3.11. The minimum atomic E-state index is -2.82. The number of halogens is 2. The van der Waals surface area contributed by atoms with E-state index in [1.807, 2.05) is 23.1 Å². The standard InChI is InChI=1S/C22H21F2N5O2/c23-22(24)13-28(14-22)20(30)16-9-15(10-25-11-16)18-5-4-6-19-17(12-26-29(18)19)21(31)27-7-2-1-3-8-27/h4-6,9-12H,1-3,7-8,13-14H2. The molecule has 2 aliphatic heterocycles. The second-order valence-corrected chi connectivity index (χ2v) is 8.10. The number of nitrogens with zero attached hydrogens (tertiary/aromatic N) is 5. The van der Waals surface area contributed by atoms with E-state index in [9.17, 15) is 18.4 Å². The Balaban J connectivity index is 1.46. The summed E-state index contributed by atoms with van der Waals surface area (Å²) in [6.07, 6.45) is 7.68. The number of amides is 2. The van der Waals surface area contributed by atoms with Crippen molar-refractivity contribution in [3.8, 4) is 11.3 Å². The lowest BCUT2D eigenvalue weighted by Gasteiger charge is -2.38. The van der Waals surface area contributed by atoms with Crippen LogP contribution in [0.5, 0.6) is 0 Å². The molecule has 0 aromatic carbocycles. The lowest BCUT2D eigenvalue weighted by molar-refractivity contribution is -0.113. The Morgan fingerprint density at radius 1 is 0.935 bits per heavy atom. The summed E-state index contributed by atoms with van der Waals surface area (Å²) in [6.45, 7) is 0.346. The number of piperidine rings is 1. The summed E-state index contributed by atoms with van der Waals surface area (Å²) in [6, 6.07) is 7.09. The molecule has 2 saturated heterocycles. The number of fused-ring (bicyclic) bond motifs is 1. The summed E-state index contributed by atoms with van der Waals surface area (Å²) < 4.78 is 27.9. The minimum Gasteiger partial charge on any atom is -0.339 e. The first-order valence-corrected chi connectivity index (χ1v) is 10.3. The van der Waals surface area contributed by atoms with Crippen molar-refractivity contribution in [3.63, 3.8) is 0 Å². The van der Waals surface area contributed by atoms with Gasteiger partial charge in [0.15, 0.2) is 0 Å². The molecule has 3 aromatic heterocycles. The third-order valence-electron chi connectivity index (χ3n) is 5.83. The van der Waals surface area contributed by atoms with Crippen LogP contribution in [-0.2, 0) is 0 Å². The highest BCUT2D eigenvalue weighted by molar-refractivity contribution is 6.01. The Hall–Kier alpha value is -3.36. The van der Waals surface area contributed by atoms with E-state index >= 15 is 0 Å². The molecule has 7 nitrogen and oxygen atoms in total. The molecule has 0 atom stereocenters. The van der Waals surface area contributed by atoms with Gasteiger partial charge in [0, 0.05) is 31.0 Å². The van der Waals surface area contributed by atoms with Crippen molar-refractivity contribution >= 4 is 17.3 Å². The summed E-state index contributed by atoms with van der Waals surface area (Å²) in [5.41, 5.74) is 2.72. The lowest BCUT2D eigenvalue weighted by Crippen LogP contribution is -2.58. The maximum atomic E-state index is 13.1. The van der Waals surface area contributed by atoms with Crippen molar-refractivity contribution in [2.45, 2.75) is 25.2 Å². The van der Waals surface area contributed by atoms with E-state index in [0.29, 0.717) is 22.3 Å². The van der Waals surface area contributed by atoms with Crippen LogP contribution in [0.2, 0.25) is 0 Å². The number of rotatable bonds is 3. The molecule has 0 N–H and O–H groups in total. The molecule has 3 aromatic rings. The van der Waals surface area contributed by atoms with Crippen LogP contribution >= 0.6 is 0 Å². The molecule has 31 heavy (non-hydrogen) atoms. The number of alkyl halides is 2. The monoisotopic (exact) mass is 425 g/mol. The van der Waals surface area contributed by atoms with Crippen LogP contribution in [0.15, 0.2) is 42.9 Å². The van der Waals surface area contributed by atoms with Crippen molar-refractivity contribution in [2.75, 3.05) is 26.2 Å². The molecule has 0 aliphatic carbocycles. The van der Waals surface area contributed by atoms with Gasteiger partial charge in [0.05, 0.1) is 41.6 Å². The molecule has 2 amide bonds. The fourth-order valence-corrected chi connectivity index (χ4v) is 4.20. The van der Waals surface area contributed by atoms with Crippen LogP contribution in [-0.4, -0.2) is 68.3 Å². The number of pyridine rings is 2. The zero-order valence-corrected chi connectivity index (χ0v) is 16.8. The Morgan fingerprint density at radius 3 is 2.45 bits per heavy atom. The Morgan fingerprint density at radius 2 is 1.71 bits per heavy atom. The fraction of sp³-hybridized carbons (Fsp3) is 0.364. The number of carbonyl (C=O) groups excluding carboxylic acids is 2. The van der Waals surface area contributed by atoms with Crippen molar-refractivity contribution in [1.82, 2.24) is 24.4 Å². The first-order valence-electron chi connectivity index (χ1n) is 10.3. The zero-order chi connectivity index (χ0) is 21.6. The van der Waals surface area contributed by atoms with Gasteiger partial charge in [0.2, 0.25) is 0 Å². The number of hydrogen-bond donors (Lipinski definition) is 0. The molecule has 2 aliphatic rings. The molecule has 0 unspecified atom stereocenters. The molecule has 2 fully saturated rings. The summed E-state index contributed by atoms with van der Waals surface area (Å²) in [5, 5.41) is 4.41. The van der Waals surface area contributed by atoms with Crippen molar-refractivity contribution in [1.29, 1.82) is 0 Å². The largest absolute Gasteiger partial charge is 0.339 e. The maximum Gasteiger partial charge on any atom is 0.282 e. The molecule has 0 radical (unpaired) electrons. The average Bonchev–Trinajstić information content (AvgIpc) is 3.21. The molecule has 9 heteroatoms. The van der Waals surface area contributed by atoms with Crippen LogP contribution in [0.25, 0.3) is 16.8 Å². The smallest absolute Gasteiger partial charge is 0.282 e. The highest BCUT2D eigenvalue weighted by Crippen LogP contribution is 2.29.